The van der Waals surface area contributed by atoms with Gasteiger partial charge in [-0.15, -0.1) is 0 Å². The zero-order valence-electron chi connectivity index (χ0n) is 10.0. The molecule has 0 bridgehead atoms. The molecule has 18 heavy (non-hydrogen) atoms. The van der Waals surface area contributed by atoms with Gasteiger partial charge in [0.1, 0.15) is 5.69 Å². The molecule has 7 nitrogen and oxygen atoms in total. The average molecular weight is 254 g/mol. The van der Waals surface area contributed by atoms with Gasteiger partial charge >= 0.3 is 0 Å². The topological polar surface area (TPSA) is 113 Å². The van der Waals surface area contributed by atoms with E-state index in [0.29, 0.717) is 32.0 Å². The lowest BCUT2D eigenvalue weighted by Crippen LogP contribution is -2.21. The zero-order valence-corrected chi connectivity index (χ0v) is 10.0. The molecule has 0 radical (unpaired) electrons. The van der Waals surface area contributed by atoms with Gasteiger partial charge in [0.25, 0.3) is 0 Å². The molecule has 5 N–H and O–H groups in total. The van der Waals surface area contributed by atoms with Crippen LogP contribution in [0.1, 0.15) is 11.3 Å². The van der Waals surface area contributed by atoms with Crippen molar-refractivity contribution in [3.8, 4) is 0 Å². The number of rotatable bonds is 8. The van der Waals surface area contributed by atoms with Crippen LogP contribution in [0.5, 0.6) is 0 Å². The first-order valence-electron chi connectivity index (χ1n) is 5.60. The number of hydrogen-bond acceptors (Lipinski definition) is 6. The molecule has 0 aliphatic heterocycles. The second kappa shape index (κ2) is 8.40. The second-order valence-corrected chi connectivity index (χ2v) is 3.55. The minimum Gasteiger partial charge on any atom is -0.409 e. The van der Waals surface area contributed by atoms with E-state index in [1.54, 1.807) is 12.3 Å². The highest BCUT2D eigenvalue weighted by molar-refractivity contribution is 5.95. The van der Waals surface area contributed by atoms with Gasteiger partial charge in [0.15, 0.2) is 5.84 Å². The molecular formula is C11H18N4O3. The highest BCUT2D eigenvalue weighted by Crippen LogP contribution is 2.01. The Labute approximate surface area is 105 Å². The summed E-state index contributed by atoms with van der Waals surface area (Å²) in [4.78, 5) is 3.98. The number of nitrogens with two attached hydrogens (primary N) is 1. The summed E-state index contributed by atoms with van der Waals surface area (Å²) in [6.45, 7) is 2.24. The van der Waals surface area contributed by atoms with Crippen LogP contribution in [-0.4, -0.2) is 47.5 Å². The molecule has 0 spiro atoms. The molecule has 0 atom stereocenters. The largest absolute Gasteiger partial charge is 0.409 e. The van der Waals surface area contributed by atoms with E-state index < -0.39 is 0 Å². The summed E-state index contributed by atoms with van der Waals surface area (Å²) in [7, 11) is 0. The van der Waals surface area contributed by atoms with E-state index >= 15 is 0 Å². The molecule has 0 fully saturated rings. The first-order valence-corrected chi connectivity index (χ1v) is 5.60. The number of hydrogen-bond donors (Lipinski definition) is 4. The molecule has 1 aromatic rings. The Bertz CT molecular complexity index is 384. The van der Waals surface area contributed by atoms with Crippen molar-refractivity contribution in [1.82, 2.24) is 10.3 Å². The summed E-state index contributed by atoms with van der Waals surface area (Å²) in [6.07, 6.45) is 1.60. The Kier molecular flexibility index (Phi) is 6.70. The van der Waals surface area contributed by atoms with Gasteiger partial charge < -0.3 is 26.1 Å². The summed E-state index contributed by atoms with van der Waals surface area (Å²) in [5.41, 5.74) is 6.86. The van der Waals surface area contributed by atoms with E-state index in [2.05, 4.69) is 15.5 Å². The third-order valence-corrected chi connectivity index (χ3v) is 2.18. The van der Waals surface area contributed by atoms with Crippen molar-refractivity contribution in [2.75, 3.05) is 26.4 Å². The number of pyridine rings is 1. The van der Waals surface area contributed by atoms with Crippen LogP contribution in [0.2, 0.25) is 0 Å². The van der Waals surface area contributed by atoms with E-state index in [1.165, 1.54) is 0 Å². The Morgan fingerprint density at radius 3 is 3.06 bits per heavy atom. The number of ether oxygens (including phenoxy) is 1. The van der Waals surface area contributed by atoms with Crippen molar-refractivity contribution in [3.63, 3.8) is 0 Å². The lowest BCUT2D eigenvalue weighted by atomic mass is 10.2. The predicted octanol–water partition coefficient (Wildman–Crippen LogP) is -0.725. The smallest absolute Gasteiger partial charge is 0.188 e. The molecule has 1 heterocycles. The molecule has 0 amide bonds. The maximum absolute atomic E-state index is 8.55. The summed E-state index contributed by atoms with van der Waals surface area (Å²) in [5.74, 6) is -0.0110. The third kappa shape index (κ3) is 5.09. The number of nitrogens with one attached hydrogen (secondary N) is 1. The van der Waals surface area contributed by atoms with E-state index in [0.717, 1.165) is 5.56 Å². The Morgan fingerprint density at radius 2 is 2.33 bits per heavy atom. The van der Waals surface area contributed by atoms with Gasteiger partial charge in [-0.25, -0.2) is 0 Å². The van der Waals surface area contributed by atoms with Gasteiger partial charge in [-0.2, -0.15) is 0 Å². The third-order valence-electron chi connectivity index (χ3n) is 2.18. The fraction of sp³-hybridized carbons (Fsp3) is 0.455. The van der Waals surface area contributed by atoms with Crippen LogP contribution in [0.4, 0.5) is 0 Å². The predicted molar refractivity (Wildman–Crippen MR) is 66.4 cm³/mol. The summed E-state index contributed by atoms with van der Waals surface area (Å²) < 4.78 is 5.10. The number of aliphatic hydroxyl groups is 1. The first-order chi connectivity index (χ1) is 8.77. The van der Waals surface area contributed by atoms with Crippen LogP contribution in [0.3, 0.4) is 0 Å². The van der Waals surface area contributed by atoms with E-state index in [4.69, 9.17) is 20.8 Å². The van der Waals surface area contributed by atoms with Crippen molar-refractivity contribution < 1.29 is 15.1 Å². The molecule has 0 aliphatic rings. The molecule has 0 aliphatic carbocycles. The van der Waals surface area contributed by atoms with Crippen molar-refractivity contribution >= 4 is 5.84 Å². The second-order valence-electron chi connectivity index (χ2n) is 3.55. The number of aliphatic hydroxyl groups excluding tert-OH is 1. The maximum Gasteiger partial charge on any atom is 0.188 e. The number of aromatic nitrogens is 1. The zero-order chi connectivity index (χ0) is 13.2. The minimum atomic E-state index is -0.0110. The van der Waals surface area contributed by atoms with E-state index in [-0.39, 0.29) is 12.4 Å². The highest BCUT2D eigenvalue weighted by atomic mass is 16.5. The molecule has 0 saturated carbocycles. The molecule has 1 aromatic heterocycles. The molecule has 0 saturated heterocycles. The summed E-state index contributed by atoms with van der Waals surface area (Å²) in [5, 5.41) is 23.1. The Hall–Kier alpha value is -1.70. The fourth-order valence-corrected chi connectivity index (χ4v) is 1.32. The van der Waals surface area contributed by atoms with Gasteiger partial charge in [0.2, 0.25) is 0 Å². The van der Waals surface area contributed by atoms with Crippen LogP contribution in [-0.2, 0) is 11.3 Å². The first kappa shape index (κ1) is 14.4. The summed E-state index contributed by atoms with van der Waals surface area (Å²) in [6, 6.07) is 3.59. The highest BCUT2D eigenvalue weighted by Gasteiger charge is 2.01. The Morgan fingerprint density at radius 1 is 1.50 bits per heavy atom. The number of nitrogens with zero attached hydrogens (tertiary/aromatic N) is 2. The molecule has 0 aromatic carbocycles. The molecule has 7 heteroatoms. The van der Waals surface area contributed by atoms with Crippen LogP contribution < -0.4 is 11.1 Å². The quantitative estimate of drug-likeness (QED) is 0.160. The minimum absolute atomic E-state index is 0.0110. The van der Waals surface area contributed by atoms with Gasteiger partial charge in [-0.05, 0) is 17.7 Å². The lowest BCUT2D eigenvalue weighted by Gasteiger charge is -2.06. The van der Waals surface area contributed by atoms with Gasteiger partial charge in [-0.1, -0.05) is 5.16 Å². The van der Waals surface area contributed by atoms with Crippen molar-refractivity contribution in [2.45, 2.75) is 6.54 Å². The maximum atomic E-state index is 8.55. The number of amidine groups is 1. The molecule has 0 unspecified atom stereocenters. The van der Waals surface area contributed by atoms with Crippen molar-refractivity contribution in [1.29, 1.82) is 0 Å². The van der Waals surface area contributed by atoms with Crippen LogP contribution in [0, 0.1) is 0 Å². The normalized spacial score (nSPS) is 11.7. The molecule has 100 valence electrons. The van der Waals surface area contributed by atoms with Crippen LogP contribution in [0.15, 0.2) is 23.5 Å². The van der Waals surface area contributed by atoms with E-state index in [1.807, 2.05) is 6.07 Å². The lowest BCUT2D eigenvalue weighted by molar-refractivity contribution is 0.0938. The molecular weight excluding hydrogens is 236 g/mol. The van der Waals surface area contributed by atoms with Gasteiger partial charge in [-0.3, -0.25) is 4.98 Å². The monoisotopic (exact) mass is 254 g/mol. The average Bonchev–Trinajstić information content (AvgIpc) is 2.42. The fourth-order valence-electron chi connectivity index (χ4n) is 1.32. The SMILES string of the molecule is NC(=NO)c1cc(CNCCOCCO)ccn1. The van der Waals surface area contributed by atoms with Gasteiger partial charge in [0.05, 0.1) is 19.8 Å². The van der Waals surface area contributed by atoms with Gasteiger partial charge in [0, 0.05) is 19.3 Å². The van der Waals surface area contributed by atoms with Crippen molar-refractivity contribution in [2.24, 2.45) is 10.9 Å². The Balaban J connectivity index is 2.34. The van der Waals surface area contributed by atoms with Crippen molar-refractivity contribution in [3.05, 3.63) is 29.6 Å². The van der Waals surface area contributed by atoms with Crippen LogP contribution >= 0.6 is 0 Å². The standard InChI is InChI=1S/C11H18N4O3/c12-11(15-17)10-7-9(1-2-14-10)8-13-3-5-18-6-4-16/h1-2,7,13,16-17H,3-6,8H2,(H2,12,15). The van der Waals surface area contributed by atoms with Crippen LogP contribution in [0.25, 0.3) is 0 Å². The summed E-state index contributed by atoms with van der Waals surface area (Å²) >= 11 is 0. The van der Waals surface area contributed by atoms with E-state index in [9.17, 15) is 0 Å². The number of oxime groups is 1. The molecule has 1 rings (SSSR count).